The van der Waals surface area contributed by atoms with E-state index in [2.05, 4.69) is 19.1 Å². The summed E-state index contributed by atoms with van der Waals surface area (Å²) in [5.74, 6) is -0.838. The summed E-state index contributed by atoms with van der Waals surface area (Å²) in [5, 5.41) is 8.78. The first kappa shape index (κ1) is 25.1. The van der Waals surface area contributed by atoms with Crippen molar-refractivity contribution in [3.8, 4) is 0 Å². The second-order valence-electron chi connectivity index (χ2n) is 6.26. The number of unbranched alkanes of at least 4 members (excludes halogenated alkanes) is 10. The van der Waals surface area contributed by atoms with Crippen LogP contribution in [-0.2, 0) is 4.79 Å². The summed E-state index contributed by atoms with van der Waals surface area (Å²) in [7, 11) is 0. The summed E-state index contributed by atoms with van der Waals surface area (Å²) in [4.78, 5) is 10.7. The average molecular weight is 337 g/mol. The summed E-state index contributed by atoms with van der Waals surface area (Å²) in [5.41, 5.74) is 0. The number of allylic oxidation sites excluding steroid dienone is 2. The topological polar surface area (TPSA) is 37.3 Å². The Kier molecular flexibility index (Phi) is 22.7. The van der Waals surface area contributed by atoms with Crippen LogP contribution in [-0.4, -0.2) is 62.5 Å². The molecule has 0 aliphatic rings. The Morgan fingerprint density at radius 3 is 1.82 bits per heavy atom. The van der Waals surface area contributed by atoms with Gasteiger partial charge < -0.3 is 5.11 Å². The van der Waals surface area contributed by atoms with Crippen LogP contribution in [0.1, 0.15) is 97.3 Å². The number of carboxylic acid groups (broad SMARTS) is 1. The van der Waals surface area contributed by atoms with Crippen molar-refractivity contribution in [1.29, 1.82) is 0 Å². The number of aliphatic carboxylic acids is 1. The van der Waals surface area contributed by atoms with Crippen LogP contribution >= 0.6 is 0 Å². The quantitative estimate of drug-likeness (QED) is 0.236. The van der Waals surface area contributed by atoms with Gasteiger partial charge in [-0.05, 0) is 32.1 Å². The monoisotopic (exact) mass is 336 g/mol. The molecule has 1 N–H and O–H groups in total. The van der Waals surface area contributed by atoms with Gasteiger partial charge in [0.15, 0.2) is 0 Å². The Hall–Kier alpha value is 0.846. The van der Waals surface area contributed by atoms with Gasteiger partial charge in [-0.1, -0.05) is 77.4 Å². The van der Waals surface area contributed by atoms with Gasteiger partial charge in [0, 0.05) is 0 Å². The summed E-state index contributed by atoms with van der Waals surface area (Å²) in [6.45, 7) is 4.06. The van der Waals surface area contributed by atoms with Crippen LogP contribution in [0.5, 0.6) is 0 Å². The Bertz CT molecular complexity index is 264. The minimum absolute atomic E-state index is 0. The first-order valence-corrected chi connectivity index (χ1v) is 9.06. The van der Waals surface area contributed by atoms with Crippen molar-refractivity contribution < 1.29 is 9.90 Å². The van der Waals surface area contributed by atoms with E-state index >= 15 is 0 Å². The molecule has 0 bridgehead atoms. The second-order valence-corrected chi connectivity index (χ2v) is 6.26. The molecular weight excluding hydrogens is 299 g/mol. The molecule has 0 saturated carbocycles. The molecule has 3 heteroatoms. The zero-order valence-electron chi connectivity index (χ0n) is 14.3. The van der Waals surface area contributed by atoms with E-state index in [1.54, 1.807) is 6.92 Å². The molecule has 0 aromatic carbocycles. The predicted molar refractivity (Wildman–Crippen MR) is 98.8 cm³/mol. The maximum absolute atomic E-state index is 10.7. The molecule has 0 aliphatic heterocycles. The zero-order chi connectivity index (χ0) is 15.8. The fraction of sp³-hybridized carbons (Fsp3) is 0.842. The van der Waals surface area contributed by atoms with Gasteiger partial charge >= 0.3 is 57.4 Å². The molecule has 0 rings (SSSR count). The normalized spacial score (nSPS) is 12.3. The van der Waals surface area contributed by atoms with Gasteiger partial charge in [-0.25, -0.2) is 0 Å². The van der Waals surface area contributed by atoms with Crippen LogP contribution in [0.15, 0.2) is 12.2 Å². The van der Waals surface area contributed by atoms with Crippen LogP contribution in [0.3, 0.4) is 0 Å². The van der Waals surface area contributed by atoms with Gasteiger partial charge in [0.25, 0.3) is 0 Å². The van der Waals surface area contributed by atoms with Crippen molar-refractivity contribution in [2.24, 2.45) is 5.92 Å². The van der Waals surface area contributed by atoms with E-state index in [4.69, 9.17) is 5.11 Å². The SMILES string of the molecule is CCCCCCCC/C=C\CCCCCCC(C)C(=O)O.[KH]. The molecule has 2 nitrogen and oxygen atoms in total. The molecular formula is C19H37KO2. The maximum atomic E-state index is 10.7. The van der Waals surface area contributed by atoms with Crippen molar-refractivity contribution in [2.45, 2.75) is 97.3 Å². The van der Waals surface area contributed by atoms with Crippen molar-refractivity contribution in [3.63, 3.8) is 0 Å². The first-order valence-electron chi connectivity index (χ1n) is 9.06. The summed E-state index contributed by atoms with van der Waals surface area (Å²) >= 11 is 0. The third-order valence-electron chi connectivity index (χ3n) is 4.07. The van der Waals surface area contributed by atoms with Gasteiger partial charge in [0.05, 0.1) is 5.92 Å². The van der Waals surface area contributed by atoms with Gasteiger partial charge in [-0.15, -0.1) is 0 Å². The number of hydrogen-bond acceptors (Lipinski definition) is 1. The number of carbonyl (C=O) groups is 1. The van der Waals surface area contributed by atoms with Crippen LogP contribution in [0.25, 0.3) is 0 Å². The van der Waals surface area contributed by atoms with Crippen molar-refractivity contribution >= 4 is 57.4 Å². The molecule has 0 heterocycles. The average Bonchev–Trinajstić information content (AvgIpc) is 2.47. The first-order chi connectivity index (χ1) is 10.2. The van der Waals surface area contributed by atoms with Crippen LogP contribution in [0, 0.1) is 5.92 Å². The number of carboxylic acids is 1. The third-order valence-corrected chi connectivity index (χ3v) is 4.07. The molecule has 0 aromatic heterocycles. The van der Waals surface area contributed by atoms with Crippen molar-refractivity contribution in [1.82, 2.24) is 0 Å². The van der Waals surface area contributed by atoms with Gasteiger partial charge in [-0.3, -0.25) is 4.79 Å². The molecule has 0 aromatic rings. The number of hydrogen-bond donors (Lipinski definition) is 1. The Labute approximate surface area is 180 Å². The molecule has 0 aliphatic carbocycles. The van der Waals surface area contributed by atoms with Crippen LogP contribution in [0.4, 0.5) is 0 Å². The summed E-state index contributed by atoms with van der Waals surface area (Å²) < 4.78 is 0. The van der Waals surface area contributed by atoms with E-state index in [-0.39, 0.29) is 57.3 Å². The summed E-state index contributed by atoms with van der Waals surface area (Å²) in [6, 6.07) is 0. The van der Waals surface area contributed by atoms with Gasteiger partial charge in [-0.2, -0.15) is 0 Å². The minimum atomic E-state index is -0.660. The number of rotatable bonds is 15. The summed E-state index contributed by atoms with van der Waals surface area (Å²) in [6.07, 6.45) is 20.8. The molecule has 0 amide bonds. The van der Waals surface area contributed by atoms with Crippen LogP contribution < -0.4 is 0 Å². The van der Waals surface area contributed by atoms with E-state index in [1.807, 2.05) is 0 Å². The molecule has 0 radical (unpaired) electrons. The van der Waals surface area contributed by atoms with E-state index < -0.39 is 5.97 Å². The molecule has 0 saturated heterocycles. The van der Waals surface area contributed by atoms with Gasteiger partial charge in [0.1, 0.15) is 0 Å². The fourth-order valence-corrected chi connectivity index (χ4v) is 2.47. The third kappa shape index (κ3) is 18.9. The fourth-order valence-electron chi connectivity index (χ4n) is 2.47. The van der Waals surface area contributed by atoms with E-state index in [0.29, 0.717) is 0 Å². The Morgan fingerprint density at radius 2 is 1.32 bits per heavy atom. The van der Waals surface area contributed by atoms with Gasteiger partial charge in [0.2, 0.25) is 0 Å². The second kappa shape index (κ2) is 19.9. The zero-order valence-corrected chi connectivity index (χ0v) is 14.3. The standard InChI is InChI=1S/C19H36O2.K.H/c1-3-4-5-6-7-8-9-10-11-12-13-14-15-16-17-18(2)19(20)21;;/h10-11,18H,3-9,12-17H2,1-2H3,(H,20,21);;/b11-10-;;. The van der Waals surface area contributed by atoms with E-state index in [0.717, 1.165) is 12.8 Å². The van der Waals surface area contributed by atoms with E-state index in [1.165, 1.54) is 70.6 Å². The van der Waals surface area contributed by atoms with Crippen LogP contribution in [0.2, 0.25) is 0 Å². The van der Waals surface area contributed by atoms with E-state index in [9.17, 15) is 4.79 Å². The van der Waals surface area contributed by atoms with Crippen molar-refractivity contribution in [2.75, 3.05) is 0 Å². The predicted octanol–water partition coefficient (Wildman–Crippen LogP) is 5.71. The Morgan fingerprint density at radius 1 is 0.864 bits per heavy atom. The molecule has 0 spiro atoms. The molecule has 1 unspecified atom stereocenters. The van der Waals surface area contributed by atoms with Crippen molar-refractivity contribution in [3.05, 3.63) is 12.2 Å². The molecule has 0 fully saturated rings. The molecule has 1 atom stereocenters. The Balaban J connectivity index is 0. The molecule has 126 valence electrons. The molecule has 22 heavy (non-hydrogen) atoms.